The molecule has 0 aliphatic carbocycles. The molecular weight excluding hydrogens is 447 g/mol. The van der Waals surface area contributed by atoms with Crippen LogP contribution in [0.4, 0.5) is 21.6 Å². The Kier molecular flexibility index (Phi) is 7.43. The summed E-state index contributed by atoms with van der Waals surface area (Å²) in [6, 6.07) is 9.49. The zero-order valence-electron chi connectivity index (χ0n) is 18.1. The van der Waals surface area contributed by atoms with Crippen LogP contribution in [0.1, 0.15) is 12.1 Å². The van der Waals surface area contributed by atoms with Crippen LogP contribution in [-0.2, 0) is 9.53 Å². The maximum absolute atomic E-state index is 14.3. The minimum absolute atomic E-state index is 0.105. The van der Waals surface area contributed by atoms with Gasteiger partial charge in [0.15, 0.2) is 0 Å². The van der Waals surface area contributed by atoms with Gasteiger partial charge in [-0.1, -0.05) is 11.6 Å². The molecule has 3 heterocycles. The monoisotopic (exact) mass is 470 g/mol. The molecule has 33 heavy (non-hydrogen) atoms. The number of aryl methyl sites for hydroxylation is 1. The van der Waals surface area contributed by atoms with E-state index in [0.717, 1.165) is 13.1 Å². The maximum atomic E-state index is 14.3. The molecule has 2 N–H and O–H groups in total. The smallest absolute Gasteiger partial charge is 0.226 e. The number of nitrogens with zero attached hydrogens (tertiary/aromatic N) is 4. The van der Waals surface area contributed by atoms with Gasteiger partial charge in [0.1, 0.15) is 11.6 Å². The molecule has 1 aromatic carbocycles. The number of carbonyl (C=O) groups is 1. The van der Waals surface area contributed by atoms with E-state index in [1.54, 1.807) is 31.3 Å². The second-order valence-electron chi connectivity index (χ2n) is 7.66. The average Bonchev–Trinajstić information content (AvgIpc) is 2.82. The highest BCUT2D eigenvalue weighted by atomic mass is 35.5. The summed E-state index contributed by atoms with van der Waals surface area (Å²) in [5, 5.41) is 14.7. The van der Waals surface area contributed by atoms with Crippen molar-refractivity contribution in [3.63, 3.8) is 0 Å². The van der Waals surface area contributed by atoms with Gasteiger partial charge in [0.2, 0.25) is 5.91 Å². The van der Waals surface area contributed by atoms with Gasteiger partial charge in [-0.05, 0) is 37.3 Å². The van der Waals surface area contributed by atoms with E-state index in [0.29, 0.717) is 59.8 Å². The third-order valence-electron chi connectivity index (χ3n) is 5.25. The second-order valence-corrected chi connectivity index (χ2v) is 8.10. The molecule has 1 amide bonds. The van der Waals surface area contributed by atoms with Gasteiger partial charge < -0.3 is 15.4 Å². The van der Waals surface area contributed by atoms with Crippen LogP contribution < -0.4 is 10.6 Å². The van der Waals surface area contributed by atoms with Crippen molar-refractivity contribution in [2.45, 2.75) is 13.3 Å². The number of rotatable bonds is 7. The van der Waals surface area contributed by atoms with E-state index in [9.17, 15) is 9.18 Å². The number of ether oxygens (including phenoxy) is 1. The lowest BCUT2D eigenvalue weighted by Gasteiger charge is -2.26. The molecule has 2 aromatic heterocycles. The van der Waals surface area contributed by atoms with Gasteiger partial charge in [0.05, 0.1) is 30.3 Å². The first-order chi connectivity index (χ1) is 16.0. The van der Waals surface area contributed by atoms with Crippen molar-refractivity contribution < 1.29 is 13.9 Å². The molecule has 172 valence electrons. The van der Waals surface area contributed by atoms with E-state index in [-0.39, 0.29) is 11.5 Å². The number of hydrogen-bond donors (Lipinski definition) is 2. The molecule has 1 saturated heterocycles. The normalized spacial score (nSPS) is 14.2. The lowest BCUT2D eigenvalue weighted by molar-refractivity contribution is -0.116. The Morgan fingerprint density at radius 3 is 2.82 bits per heavy atom. The van der Waals surface area contributed by atoms with Crippen molar-refractivity contribution >= 4 is 34.7 Å². The van der Waals surface area contributed by atoms with Gasteiger partial charge in [0.25, 0.3) is 0 Å². The number of benzene rings is 1. The molecule has 1 aliphatic heterocycles. The summed E-state index contributed by atoms with van der Waals surface area (Å²) in [5.74, 6) is -0.103. The highest BCUT2D eigenvalue weighted by Crippen LogP contribution is 2.28. The Hall–Kier alpha value is -3.14. The van der Waals surface area contributed by atoms with Crippen molar-refractivity contribution in [3.05, 3.63) is 59.1 Å². The molecule has 10 heteroatoms. The number of amides is 1. The van der Waals surface area contributed by atoms with Gasteiger partial charge >= 0.3 is 0 Å². The molecule has 0 atom stereocenters. The Bertz CT molecular complexity index is 1140. The van der Waals surface area contributed by atoms with E-state index in [4.69, 9.17) is 16.3 Å². The van der Waals surface area contributed by atoms with Crippen molar-refractivity contribution in [1.29, 1.82) is 0 Å². The lowest BCUT2D eigenvalue weighted by atomic mass is 10.1. The first-order valence-electron chi connectivity index (χ1n) is 10.6. The van der Waals surface area contributed by atoms with Crippen LogP contribution >= 0.6 is 11.6 Å². The standard InChI is InChI=1S/C23H24ClFN6O2/c1-15-20(14-21(30-29-15)18-12-16(24)2-3-19(18)25)27-17-4-6-26-22(13-17)28-23(32)5-7-31-8-10-33-11-9-31/h2-4,6,12-14H,5,7-11H2,1H3,(H2,26,27,28,30,32). The number of pyridine rings is 1. The zero-order chi connectivity index (χ0) is 23.2. The van der Waals surface area contributed by atoms with Crippen LogP contribution in [0.15, 0.2) is 42.6 Å². The molecule has 1 aliphatic rings. The largest absolute Gasteiger partial charge is 0.379 e. The summed E-state index contributed by atoms with van der Waals surface area (Å²) < 4.78 is 19.6. The Balaban J connectivity index is 1.43. The van der Waals surface area contributed by atoms with Gasteiger partial charge in [-0.25, -0.2) is 9.37 Å². The van der Waals surface area contributed by atoms with E-state index in [1.165, 1.54) is 18.2 Å². The van der Waals surface area contributed by atoms with E-state index < -0.39 is 5.82 Å². The first kappa shape index (κ1) is 23.0. The molecule has 0 saturated carbocycles. The third-order valence-corrected chi connectivity index (χ3v) is 5.48. The lowest BCUT2D eigenvalue weighted by Crippen LogP contribution is -2.38. The van der Waals surface area contributed by atoms with E-state index in [2.05, 4.69) is 30.7 Å². The molecule has 0 bridgehead atoms. The number of anilines is 3. The number of morpholine rings is 1. The first-order valence-corrected chi connectivity index (χ1v) is 11.0. The predicted octanol–water partition coefficient (Wildman–Crippen LogP) is 4.04. The van der Waals surface area contributed by atoms with Gasteiger partial charge in [0, 0.05) is 54.6 Å². The highest BCUT2D eigenvalue weighted by Gasteiger charge is 2.14. The fourth-order valence-electron chi connectivity index (χ4n) is 3.43. The summed E-state index contributed by atoms with van der Waals surface area (Å²) in [5.41, 5.74) is 2.60. The van der Waals surface area contributed by atoms with E-state index >= 15 is 0 Å². The number of nitrogens with one attached hydrogen (secondary N) is 2. The van der Waals surface area contributed by atoms with Gasteiger partial charge in [-0.15, -0.1) is 0 Å². The van der Waals surface area contributed by atoms with Crippen LogP contribution in [0, 0.1) is 12.7 Å². The fraction of sp³-hybridized carbons (Fsp3) is 0.304. The molecule has 0 unspecified atom stereocenters. The van der Waals surface area contributed by atoms with Gasteiger partial charge in [-0.2, -0.15) is 10.2 Å². The number of hydrogen-bond acceptors (Lipinski definition) is 7. The third kappa shape index (κ3) is 6.22. The minimum Gasteiger partial charge on any atom is -0.379 e. The number of aromatic nitrogens is 3. The molecule has 3 aromatic rings. The summed E-state index contributed by atoms with van der Waals surface area (Å²) in [4.78, 5) is 18.8. The molecule has 1 fully saturated rings. The Labute approximate surface area is 196 Å². The van der Waals surface area contributed by atoms with Crippen molar-refractivity contribution in [2.75, 3.05) is 43.5 Å². The quantitative estimate of drug-likeness (QED) is 0.538. The molecule has 8 nitrogen and oxygen atoms in total. The fourth-order valence-corrected chi connectivity index (χ4v) is 3.60. The molecule has 4 rings (SSSR count). The topological polar surface area (TPSA) is 92.3 Å². The number of halogens is 2. The SMILES string of the molecule is Cc1nnc(-c2cc(Cl)ccc2F)cc1Nc1ccnc(NC(=O)CCN2CCOCC2)c1. The van der Waals surface area contributed by atoms with Crippen molar-refractivity contribution in [1.82, 2.24) is 20.1 Å². The molecule has 0 radical (unpaired) electrons. The number of carbonyl (C=O) groups excluding carboxylic acids is 1. The van der Waals surface area contributed by atoms with Crippen molar-refractivity contribution in [2.24, 2.45) is 0 Å². The highest BCUT2D eigenvalue weighted by molar-refractivity contribution is 6.30. The van der Waals surface area contributed by atoms with Crippen LogP contribution in [0.25, 0.3) is 11.3 Å². The molecule has 0 spiro atoms. The Morgan fingerprint density at radius 2 is 2.00 bits per heavy atom. The minimum atomic E-state index is -0.436. The predicted molar refractivity (Wildman–Crippen MR) is 125 cm³/mol. The Morgan fingerprint density at radius 1 is 1.18 bits per heavy atom. The van der Waals surface area contributed by atoms with E-state index in [1.807, 2.05) is 0 Å². The van der Waals surface area contributed by atoms with Crippen LogP contribution in [-0.4, -0.2) is 58.8 Å². The zero-order valence-corrected chi connectivity index (χ0v) is 18.9. The molecular formula is C23H24ClFN6O2. The van der Waals surface area contributed by atoms with Crippen LogP contribution in [0.3, 0.4) is 0 Å². The summed E-state index contributed by atoms with van der Waals surface area (Å²) in [6.45, 7) is 5.55. The van der Waals surface area contributed by atoms with Crippen LogP contribution in [0.5, 0.6) is 0 Å². The second kappa shape index (κ2) is 10.7. The van der Waals surface area contributed by atoms with Crippen molar-refractivity contribution in [3.8, 4) is 11.3 Å². The maximum Gasteiger partial charge on any atom is 0.226 e. The summed E-state index contributed by atoms with van der Waals surface area (Å²) >= 11 is 6.01. The van der Waals surface area contributed by atoms with Gasteiger partial charge in [-0.3, -0.25) is 9.69 Å². The van der Waals surface area contributed by atoms with Crippen LogP contribution in [0.2, 0.25) is 5.02 Å². The summed E-state index contributed by atoms with van der Waals surface area (Å²) in [6.07, 6.45) is 1.97. The summed E-state index contributed by atoms with van der Waals surface area (Å²) in [7, 11) is 0. The average molecular weight is 471 g/mol.